The van der Waals surface area contributed by atoms with Gasteiger partial charge in [-0.2, -0.15) is 5.10 Å². The predicted octanol–water partition coefficient (Wildman–Crippen LogP) is 1.81. The first-order chi connectivity index (χ1) is 9.89. The fraction of sp³-hybridized carbons (Fsp3) is 0.812. The zero-order valence-electron chi connectivity index (χ0n) is 13.9. The van der Waals surface area contributed by atoms with Gasteiger partial charge in [0.05, 0.1) is 12.3 Å². The Morgan fingerprint density at radius 1 is 1.52 bits per heavy atom. The molecule has 0 saturated heterocycles. The smallest absolute Gasteiger partial charge is 0.102 e. The topological polar surface area (TPSA) is 59.3 Å². The zero-order valence-corrected chi connectivity index (χ0v) is 13.9. The van der Waals surface area contributed by atoms with Crippen LogP contribution in [-0.4, -0.2) is 40.7 Å². The van der Waals surface area contributed by atoms with E-state index in [0.29, 0.717) is 18.7 Å². The van der Waals surface area contributed by atoms with E-state index in [1.54, 1.807) is 18.0 Å². The standard InChI is InChI=1S/C16H29N3O2/c1-6-16(7-2)13(8-14(16)21-5)17-11-15(3,20)12-9-18-19(4)10-12/h9-10,13-14,17,20H,6-8,11H2,1-5H3. The molecule has 0 aromatic carbocycles. The Balaban J connectivity index is 2.00. The Morgan fingerprint density at radius 2 is 2.19 bits per heavy atom. The monoisotopic (exact) mass is 295 g/mol. The van der Waals surface area contributed by atoms with E-state index in [4.69, 9.17) is 4.74 Å². The molecule has 0 spiro atoms. The molecule has 5 heteroatoms. The minimum atomic E-state index is -0.903. The van der Waals surface area contributed by atoms with Gasteiger partial charge in [-0.25, -0.2) is 0 Å². The van der Waals surface area contributed by atoms with Crippen LogP contribution in [0.5, 0.6) is 0 Å². The number of aryl methyl sites for hydroxylation is 1. The quantitative estimate of drug-likeness (QED) is 0.805. The minimum absolute atomic E-state index is 0.194. The fourth-order valence-corrected chi connectivity index (χ4v) is 3.69. The first-order valence-electron chi connectivity index (χ1n) is 7.87. The van der Waals surface area contributed by atoms with Gasteiger partial charge in [0, 0.05) is 43.9 Å². The largest absolute Gasteiger partial charge is 0.384 e. The summed E-state index contributed by atoms with van der Waals surface area (Å²) in [5.41, 5.74) is 0.137. The van der Waals surface area contributed by atoms with Gasteiger partial charge in [-0.15, -0.1) is 0 Å². The summed E-state index contributed by atoms with van der Waals surface area (Å²) < 4.78 is 7.34. The predicted molar refractivity (Wildman–Crippen MR) is 83.0 cm³/mol. The van der Waals surface area contributed by atoms with Gasteiger partial charge in [0.1, 0.15) is 5.60 Å². The Hall–Kier alpha value is -0.910. The van der Waals surface area contributed by atoms with E-state index in [0.717, 1.165) is 24.8 Å². The molecule has 1 heterocycles. The van der Waals surface area contributed by atoms with Gasteiger partial charge in [-0.3, -0.25) is 4.68 Å². The normalized spacial score (nSPS) is 27.1. The SMILES string of the molecule is CCC1(CC)C(NCC(C)(O)c2cnn(C)c2)CC1OC. The van der Waals surface area contributed by atoms with Crippen LogP contribution in [0.2, 0.25) is 0 Å². The number of aromatic nitrogens is 2. The lowest BCUT2D eigenvalue weighted by atomic mass is 9.58. The van der Waals surface area contributed by atoms with Gasteiger partial charge in [0.25, 0.3) is 0 Å². The van der Waals surface area contributed by atoms with Gasteiger partial charge in [-0.1, -0.05) is 13.8 Å². The minimum Gasteiger partial charge on any atom is -0.384 e. The van der Waals surface area contributed by atoms with Crippen LogP contribution in [0.4, 0.5) is 0 Å². The van der Waals surface area contributed by atoms with Crippen LogP contribution in [0.1, 0.15) is 45.6 Å². The van der Waals surface area contributed by atoms with Crippen LogP contribution in [0.3, 0.4) is 0 Å². The van der Waals surface area contributed by atoms with Crippen molar-refractivity contribution in [2.45, 2.75) is 57.8 Å². The molecule has 1 saturated carbocycles. The number of hydrogen-bond donors (Lipinski definition) is 2. The first kappa shape index (κ1) is 16.5. The molecule has 1 aliphatic carbocycles. The maximum atomic E-state index is 10.7. The van der Waals surface area contributed by atoms with E-state index >= 15 is 0 Å². The lowest BCUT2D eigenvalue weighted by Gasteiger charge is -2.55. The molecule has 120 valence electrons. The molecule has 2 rings (SSSR count). The van der Waals surface area contributed by atoms with Crippen LogP contribution < -0.4 is 5.32 Å². The average molecular weight is 295 g/mol. The summed E-state index contributed by atoms with van der Waals surface area (Å²) in [5, 5.41) is 18.4. The molecule has 1 fully saturated rings. The van der Waals surface area contributed by atoms with Crippen molar-refractivity contribution in [2.24, 2.45) is 12.5 Å². The van der Waals surface area contributed by atoms with Crippen molar-refractivity contribution >= 4 is 0 Å². The zero-order chi connectivity index (χ0) is 15.7. The first-order valence-corrected chi connectivity index (χ1v) is 7.87. The van der Waals surface area contributed by atoms with Crippen molar-refractivity contribution in [2.75, 3.05) is 13.7 Å². The van der Waals surface area contributed by atoms with Gasteiger partial charge < -0.3 is 15.2 Å². The van der Waals surface area contributed by atoms with Gasteiger partial charge in [0.15, 0.2) is 0 Å². The van der Waals surface area contributed by atoms with Gasteiger partial charge in [0.2, 0.25) is 0 Å². The summed E-state index contributed by atoms with van der Waals surface area (Å²) in [6.07, 6.45) is 7.12. The fourth-order valence-electron chi connectivity index (χ4n) is 3.69. The van der Waals surface area contributed by atoms with E-state index in [-0.39, 0.29) is 5.41 Å². The Labute approximate surface area is 127 Å². The maximum absolute atomic E-state index is 10.7. The molecule has 0 bridgehead atoms. The number of rotatable bonds is 7. The number of aliphatic hydroxyl groups is 1. The average Bonchev–Trinajstić information content (AvgIpc) is 2.87. The molecule has 5 nitrogen and oxygen atoms in total. The highest BCUT2D eigenvalue weighted by atomic mass is 16.5. The van der Waals surface area contributed by atoms with E-state index in [1.807, 2.05) is 20.2 Å². The summed E-state index contributed by atoms with van der Waals surface area (Å²) in [5.74, 6) is 0. The van der Waals surface area contributed by atoms with Gasteiger partial charge in [-0.05, 0) is 26.2 Å². The third-order valence-corrected chi connectivity index (χ3v) is 5.41. The van der Waals surface area contributed by atoms with Crippen LogP contribution in [0.25, 0.3) is 0 Å². The third kappa shape index (κ3) is 2.87. The molecule has 21 heavy (non-hydrogen) atoms. The molecular weight excluding hydrogens is 266 g/mol. The van der Waals surface area contributed by atoms with E-state index in [9.17, 15) is 5.11 Å². The molecule has 3 atom stereocenters. The van der Waals surface area contributed by atoms with E-state index in [2.05, 4.69) is 24.3 Å². The molecule has 1 aliphatic rings. The van der Waals surface area contributed by atoms with Crippen molar-refractivity contribution in [3.63, 3.8) is 0 Å². The summed E-state index contributed by atoms with van der Waals surface area (Å²) in [6.45, 7) is 6.82. The van der Waals surface area contributed by atoms with Crippen LogP contribution in [-0.2, 0) is 17.4 Å². The number of ether oxygens (including phenoxy) is 1. The van der Waals surface area contributed by atoms with Crippen molar-refractivity contribution in [1.29, 1.82) is 0 Å². The van der Waals surface area contributed by atoms with Crippen LogP contribution >= 0.6 is 0 Å². The second kappa shape index (κ2) is 6.07. The van der Waals surface area contributed by atoms with E-state index < -0.39 is 5.60 Å². The van der Waals surface area contributed by atoms with Gasteiger partial charge >= 0.3 is 0 Å². The second-order valence-electron chi connectivity index (χ2n) is 6.51. The molecule has 2 N–H and O–H groups in total. The highest BCUT2D eigenvalue weighted by Crippen LogP contribution is 2.48. The molecule has 0 amide bonds. The molecule has 3 unspecified atom stereocenters. The van der Waals surface area contributed by atoms with Crippen molar-refractivity contribution in [1.82, 2.24) is 15.1 Å². The number of nitrogens with zero attached hydrogens (tertiary/aromatic N) is 2. The highest BCUT2D eigenvalue weighted by Gasteiger charge is 2.53. The Bertz CT molecular complexity index is 466. The molecule has 0 aliphatic heterocycles. The van der Waals surface area contributed by atoms with Crippen molar-refractivity contribution in [3.8, 4) is 0 Å². The molecule has 1 aromatic rings. The second-order valence-corrected chi connectivity index (χ2v) is 6.51. The molecule has 1 aromatic heterocycles. The molecular formula is C16H29N3O2. The summed E-state index contributed by atoms with van der Waals surface area (Å²) in [6, 6.07) is 0.403. The summed E-state index contributed by atoms with van der Waals surface area (Å²) in [4.78, 5) is 0. The maximum Gasteiger partial charge on any atom is 0.102 e. The van der Waals surface area contributed by atoms with E-state index in [1.165, 1.54) is 0 Å². The van der Waals surface area contributed by atoms with Crippen LogP contribution in [0.15, 0.2) is 12.4 Å². The van der Waals surface area contributed by atoms with Crippen LogP contribution in [0, 0.1) is 5.41 Å². The highest BCUT2D eigenvalue weighted by molar-refractivity contribution is 5.15. The Morgan fingerprint density at radius 3 is 2.67 bits per heavy atom. The number of methoxy groups -OCH3 is 1. The lowest BCUT2D eigenvalue weighted by molar-refractivity contribution is -0.127. The Kier molecular flexibility index (Phi) is 4.76. The van der Waals surface area contributed by atoms with Crippen molar-refractivity contribution < 1.29 is 9.84 Å². The van der Waals surface area contributed by atoms with Crippen molar-refractivity contribution in [3.05, 3.63) is 18.0 Å². The summed E-state index contributed by atoms with van der Waals surface area (Å²) in [7, 11) is 3.66. The molecule has 0 radical (unpaired) electrons. The summed E-state index contributed by atoms with van der Waals surface area (Å²) >= 11 is 0. The third-order valence-electron chi connectivity index (χ3n) is 5.41. The lowest BCUT2D eigenvalue weighted by Crippen LogP contribution is -2.64. The number of nitrogens with one attached hydrogen (secondary N) is 1. The number of hydrogen-bond acceptors (Lipinski definition) is 4.